The summed E-state index contributed by atoms with van der Waals surface area (Å²) in [4.78, 5) is 2.53. The molecule has 7 aromatic rings. The number of hydrogen-bond donors (Lipinski definition) is 0. The van der Waals surface area contributed by atoms with Crippen LogP contribution in [0, 0.1) is 23.7 Å². The summed E-state index contributed by atoms with van der Waals surface area (Å²) in [5, 5.41) is 0. The number of rotatable bonds is 5. The Balaban J connectivity index is 1.06. The van der Waals surface area contributed by atoms with E-state index in [0.717, 1.165) is 23.7 Å². The van der Waals surface area contributed by atoms with E-state index in [9.17, 15) is 0 Å². The van der Waals surface area contributed by atoms with E-state index in [1.54, 1.807) is 11.1 Å². The molecule has 0 aromatic heterocycles. The van der Waals surface area contributed by atoms with E-state index in [0.29, 0.717) is 0 Å². The number of anilines is 3. The topological polar surface area (TPSA) is 3.24 Å². The van der Waals surface area contributed by atoms with Gasteiger partial charge in [0.2, 0.25) is 0 Å². The summed E-state index contributed by atoms with van der Waals surface area (Å²) in [6.45, 7) is 4.78. The highest BCUT2D eigenvalue weighted by Crippen LogP contribution is 2.73. The first-order valence-corrected chi connectivity index (χ1v) is 20.5. The second-order valence-corrected chi connectivity index (χ2v) is 17.7. The molecule has 0 saturated heterocycles. The highest BCUT2D eigenvalue weighted by Gasteiger charge is 2.66. The van der Waals surface area contributed by atoms with Gasteiger partial charge in [0.05, 0.1) is 0 Å². The lowest BCUT2D eigenvalue weighted by Gasteiger charge is -2.44. The van der Waals surface area contributed by atoms with Gasteiger partial charge in [-0.1, -0.05) is 135 Å². The van der Waals surface area contributed by atoms with Crippen molar-refractivity contribution in [2.45, 2.75) is 50.4 Å². The molecule has 13 rings (SSSR count). The normalized spacial score (nSPS) is 24.1. The van der Waals surface area contributed by atoms with Crippen LogP contribution < -0.4 is 4.90 Å². The first kappa shape index (κ1) is 31.7. The van der Waals surface area contributed by atoms with Crippen molar-refractivity contribution < 1.29 is 0 Å². The van der Waals surface area contributed by atoms with Gasteiger partial charge in [-0.2, -0.15) is 0 Å². The fourth-order valence-corrected chi connectivity index (χ4v) is 12.7. The second-order valence-electron chi connectivity index (χ2n) is 17.7. The molecule has 5 unspecified atom stereocenters. The van der Waals surface area contributed by atoms with Crippen LogP contribution in [0.5, 0.6) is 0 Å². The molecule has 0 amide bonds. The van der Waals surface area contributed by atoms with Crippen molar-refractivity contribution >= 4 is 17.1 Å². The second kappa shape index (κ2) is 11.4. The monoisotopic (exact) mass is 707 g/mol. The first-order chi connectivity index (χ1) is 27.0. The van der Waals surface area contributed by atoms with Gasteiger partial charge in [0.15, 0.2) is 0 Å². The summed E-state index contributed by atoms with van der Waals surface area (Å²) >= 11 is 0. The molecule has 6 aliphatic rings. The maximum absolute atomic E-state index is 2.61. The zero-order chi connectivity index (χ0) is 36.5. The van der Waals surface area contributed by atoms with Crippen molar-refractivity contribution in [3.05, 3.63) is 186 Å². The van der Waals surface area contributed by atoms with Gasteiger partial charge in [-0.3, -0.25) is 0 Å². The van der Waals surface area contributed by atoms with Gasteiger partial charge in [-0.15, -0.1) is 0 Å². The lowest BCUT2D eigenvalue weighted by molar-refractivity contribution is 0.191. The zero-order valence-electron chi connectivity index (χ0n) is 31.7. The minimum atomic E-state index is -0.0832. The van der Waals surface area contributed by atoms with Gasteiger partial charge < -0.3 is 4.90 Å². The van der Waals surface area contributed by atoms with Gasteiger partial charge in [0.1, 0.15) is 0 Å². The van der Waals surface area contributed by atoms with Crippen LogP contribution in [0.15, 0.2) is 164 Å². The molecule has 1 heteroatoms. The maximum atomic E-state index is 2.61. The van der Waals surface area contributed by atoms with Crippen molar-refractivity contribution in [3.63, 3.8) is 0 Å². The maximum Gasteiger partial charge on any atom is 0.0468 e. The van der Waals surface area contributed by atoms with Gasteiger partial charge in [0, 0.05) is 27.9 Å². The Morgan fingerprint density at radius 1 is 0.418 bits per heavy atom. The average Bonchev–Trinajstić information content (AvgIpc) is 3.85. The van der Waals surface area contributed by atoms with E-state index < -0.39 is 0 Å². The van der Waals surface area contributed by atoms with Crippen LogP contribution in [-0.2, 0) is 10.8 Å². The van der Waals surface area contributed by atoms with Crippen LogP contribution in [0.2, 0.25) is 0 Å². The smallest absolute Gasteiger partial charge is 0.0468 e. The molecule has 1 nitrogen and oxygen atoms in total. The Morgan fingerprint density at radius 3 is 1.85 bits per heavy atom. The van der Waals surface area contributed by atoms with Crippen LogP contribution in [0.3, 0.4) is 0 Å². The van der Waals surface area contributed by atoms with Gasteiger partial charge >= 0.3 is 0 Å². The van der Waals surface area contributed by atoms with Crippen molar-refractivity contribution in [1.29, 1.82) is 0 Å². The van der Waals surface area contributed by atoms with Gasteiger partial charge in [-0.05, 0) is 159 Å². The molecule has 4 fully saturated rings. The minimum absolute atomic E-state index is 0.0832. The van der Waals surface area contributed by atoms with E-state index in [1.807, 2.05) is 0 Å². The van der Waals surface area contributed by atoms with Gasteiger partial charge in [-0.25, -0.2) is 0 Å². The van der Waals surface area contributed by atoms with Crippen molar-refractivity contribution in [3.8, 4) is 44.5 Å². The quantitative estimate of drug-likeness (QED) is 0.172. The van der Waals surface area contributed by atoms with Crippen molar-refractivity contribution in [2.75, 3.05) is 4.90 Å². The van der Waals surface area contributed by atoms with E-state index in [1.165, 1.54) is 98.4 Å². The number of nitrogens with zero attached hydrogens (tertiary/aromatic N) is 1. The van der Waals surface area contributed by atoms with Crippen LogP contribution in [-0.4, -0.2) is 0 Å². The summed E-state index contributed by atoms with van der Waals surface area (Å²) in [6.07, 6.45) is 5.61. The predicted octanol–water partition coefficient (Wildman–Crippen LogP) is 14.1. The minimum Gasteiger partial charge on any atom is -0.310 e. The average molecular weight is 708 g/mol. The predicted molar refractivity (Wildman–Crippen MR) is 228 cm³/mol. The Kier molecular flexibility index (Phi) is 6.58. The van der Waals surface area contributed by atoms with E-state index in [4.69, 9.17) is 0 Å². The van der Waals surface area contributed by atoms with Gasteiger partial charge in [0.25, 0.3) is 0 Å². The molecule has 0 radical (unpaired) electrons. The number of benzene rings is 7. The molecule has 266 valence electrons. The third-order valence-corrected chi connectivity index (χ3v) is 14.8. The molecule has 55 heavy (non-hydrogen) atoms. The highest BCUT2D eigenvalue weighted by atomic mass is 15.1. The molecule has 4 bridgehead atoms. The molecule has 0 N–H and O–H groups in total. The first-order valence-electron chi connectivity index (χ1n) is 20.5. The van der Waals surface area contributed by atoms with Crippen LogP contribution in [0.25, 0.3) is 44.5 Å². The summed E-state index contributed by atoms with van der Waals surface area (Å²) in [5.41, 5.74) is 20.4. The highest BCUT2D eigenvalue weighted by molar-refractivity contribution is 5.91. The lowest BCUT2D eigenvalue weighted by atomic mass is 9.59. The van der Waals surface area contributed by atoms with Crippen LogP contribution in [0.4, 0.5) is 17.1 Å². The molecule has 0 heterocycles. The number of hydrogen-bond acceptors (Lipinski definition) is 1. The van der Waals surface area contributed by atoms with Crippen molar-refractivity contribution in [2.24, 2.45) is 23.7 Å². The fourth-order valence-electron chi connectivity index (χ4n) is 12.7. The Hall–Kier alpha value is -5.66. The zero-order valence-corrected chi connectivity index (χ0v) is 31.7. The molecule has 1 spiro atoms. The SMILES string of the molecule is CC1(C)c2ccccc2-c2ccc(N(c3cccc(-c4ccccc4)c3)c3ccc4c(c3)-c3ccc(-c5ccccc5)cc3C43C4CC5CC(C4)C3C5)cc21. The fraction of sp³-hybridized carbons (Fsp3) is 0.222. The summed E-state index contributed by atoms with van der Waals surface area (Å²) < 4.78 is 0. The lowest BCUT2D eigenvalue weighted by Crippen LogP contribution is -2.40. The summed E-state index contributed by atoms with van der Waals surface area (Å²) in [5.74, 6) is 3.25. The van der Waals surface area contributed by atoms with Crippen LogP contribution >= 0.6 is 0 Å². The largest absolute Gasteiger partial charge is 0.310 e. The molecule has 0 aliphatic heterocycles. The Morgan fingerprint density at radius 2 is 1.05 bits per heavy atom. The Labute approximate surface area is 325 Å². The van der Waals surface area contributed by atoms with E-state index >= 15 is 0 Å². The van der Waals surface area contributed by atoms with E-state index in [-0.39, 0.29) is 10.8 Å². The third-order valence-electron chi connectivity index (χ3n) is 14.8. The standard InChI is InChI=1S/C54H45N/c1-53(2)48-19-10-9-18-44(48)45-24-21-43(33-51(45)53)55(41-17-11-16-37(30-41)35-12-5-3-6-13-35)42-22-25-49-47(32-42)46-23-20-38(36-14-7-4-8-15-36)31-52(46)54(49)40-27-34-26-39(29-40)50(54)28-34/h3-25,30-34,39-40,50H,26-29H2,1-2H3. The summed E-state index contributed by atoms with van der Waals surface area (Å²) in [7, 11) is 0. The van der Waals surface area contributed by atoms with Crippen LogP contribution in [0.1, 0.15) is 61.8 Å². The van der Waals surface area contributed by atoms with Crippen molar-refractivity contribution in [1.82, 2.24) is 0 Å². The molecular formula is C54H45N. The molecule has 7 aromatic carbocycles. The molecule has 6 aliphatic carbocycles. The molecule has 4 saturated carbocycles. The molecular weight excluding hydrogens is 663 g/mol. The number of fused-ring (bicyclic) bond motifs is 6. The third kappa shape index (κ3) is 4.36. The van der Waals surface area contributed by atoms with E-state index in [2.05, 4.69) is 183 Å². The molecule has 5 atom stereocenters. The summed E-state index contributed by atoms with van der Waals surface area (Å²) in [6, 6.07) is 62.3. The Bertz CT molecular complexity index is 2670.